The topological polar surface area (TPSA) is 222 Å². The average Bonchev–Trinajstić information content (AvgIpc) is 0.831. The van der Waals surface area contributed by atoms with E-state index in [0.29, 0.717) is 178 Å². The zero-order valence-electron chi connectivity index (χ0n) is 91.6. The predicted octanol–water partition coefficient (Wildman–Crippen LogP) is 24.5. The predicted molar refractivity (Wildman–Crippen MR) is 547 cm³/mol. The van der Waals surface area contributed by atoms with Crippen LogP contribution in [0.5, 0.6) is 0 Å². The fourth-order valence-electron chi connectivity index (χ4n) is 18.5. The summed E-state index contributed by atoms with van der Waals surface area (Å²) in [5.74, 6) is -3.43. The van der Waals surface area contributed by atoms with Gasteiger partial charge in [-0.3, -0.25) is 0 Å². The van der Waals surface area contributed by atoms with Gasteiger partial charge in [-0.2, -0.15) is 0 Å². The Labute approximate surface area is 836 Å². The molecule has 0 unspecified atom stereocenters. The van der Waals surface area contributed by atoms with E-state index in [1.807, 2.05) is 0 Å². The maximum atomic E-state index is 6.68. The summed E-state index contributed by atoms with van der Waals surface area (Å²) in [4.78, 5) is 0. The van der Waals surface area contributed by atoms with Crippen molar-refractivity contribution in [2.24, 2.45) is 55.7 Å². The molecule has 0 aromatic heterocycles. The maximum Gasteiger partial charge on any atom is 0.168 e. The van der Waals surface area contributed by atoms with E-state index in [1.165, 1.54) is 0 Å². The largest absolute Gasteiger partial charge is 0.380 e. The molecule has 0 aromatic rings. The van der Waals surface area contributed by atoms with Crippen LogP contribution < -0.4 is 0 Å². The normalized spacial score (nSPS) is 20.7. The zero-order chi connectivity index (χ0) is 99.8. The summed E-state index contributed by atoms with van der Waals surface area (Å²) in [5.41, 5.74) is -0.109. The highest BCUT2D eigenvalue weighted by Crippen LogP contribution is 2.45. The molecule has 24 nitrogen and oxygen atoms in total. The molecule has 0 N–H and O–H groups in total. The molecule has 0 radical (unpaired) electrons. The SMILES string of the molecule is C=C(COCC(COCC1(C)COC(CCCC)(CCCC)OC1)COCC1(C)COC(CCCC)(CCCC)OC1)COCC(C)(COCC(=C)COCC(COCC1(C)COC(CCCC)(CCCC)OC1)COCC1(C)COC(CCCC)(CCCC)OC1)COCC(=C)COCC(COCC1(C)COC(CCCC)(CCCC)OC1)COCC1(C)COC(CCCC)(CCCC)OC1. The molecule has 0 amide bonds. The van der Waals surface area contributed by atoms with Gasteiger partial charge >= 0.3 is 0 Å². The summed E-state index contributed by atoms with van der Waals surface area (Å²) in [6, 6.07) is 0. The van der Waals surface area contributed by atoms with Crippen molar-refractivity contribution in [3.05, 3.63) is 36.5 Å². The molecule has 6 aliphatic rings. The van der Waals surface area contributed by atoms with E-state index >= 15 is 0 Å². The van der Waals surface area contributed by atoms with Crippen LogP contribution in [0.4, 0.5) is 0 Å². The Morgan fingerprint density at radius 1 is 0.212 bits per heavy atom. The first-order valence-electron chi connectivity index (χ1n) is 55.4. The Hall–Kier alpha value is -1.74. The lowest BCUT2D eigenvalue weighted by Gasteiger charge is -2.45. The number of hydrogen-bond donors (Lipinski definition) is 0. The maximum absolute atomic E-state index is 6.68. The molecule has 0 bridgehead atoms. The molecule has 24 heteroatoms. The summed E-state index contributed by atoms with van der Waals surface area (Å²) >= 11 is 0. The molecule has 806 valence electrons. The molecule has 6 rings (SSSR count). The fraction of sp³-hybridized carbons (Fsp3) is 0.947. The van der Waals surface area contributed by atoms with E-state index < -0.39 is 40.1 Å². The van der Waals surface area contributed by atoms with Crippen LogP contribution in [0.2, 0.25) is 0 Å². The molecule has 0 saturated carbocycles. The molecule has 137 heavy (non-hydrogen) atoms. The number of unbranched alkanes of at least 4 members (excludes halogenated alkanes) is 12. The third-order valence-electron chi connectivity index (χ3n) is 28.2. The molecule has 6 aliphatic heterocycles. The fourth-order valence-corrected chi connectivity index (χ4v) is 18.5. The number of ether oxygens (including phenoxy) is 24. The van der Waals surface area contributed by atoms with Crippen molar-refractivity contribution in [2.45, 2.75) is 397 Å². The highest BCUT2D eigenvalue weighted by Gasteiger charge is 2.49. The van der Waals surface area contributed by atoms with Gasteiger partial charge in [-0.25, -0.2) is 0 Å². The molecule has 0 aliphatic carbocycles. The highest BCUT2D eigenvalue weighted by atomic mass is 16.7. The Morgan fingerprint density at radius 3 is 0.467 bits per heavy atom. The Balaban J connectivity index is 1.13. The second-order valence-corrected chi connectivity index (χ2v) is 45.8. The Morgan fingerprint density at radius 2 is 0.336 bits per heavy atom. The van der Waals surface area contributed by atoms with Crippen molar-refractivity contribution in [1.82, 2.24) is 0 Å². The Bertz CT molecular complexity index is 2550. The van der Waals surface area contributed by atoms with Crippen molar-refractivity contribution in [3.63, 3.8) is 0 Å². The van der Waals surface area contributed by atoms with Gasteiger partial charge in [0.2, 0.25) is 0 Å². The van der Waals surface area contributed by atoms with E-state index in [-0.39, 0.29) is 110 Å². The van der Waals surface area contributed by atoms with Crippen molar-refractivity contribution < 1.29 is 114 Å². The van der Waals surface area contributed by atoms with E-state index in [4.69, 9.17) is 114 Å². The molecule has 0 aromatic carbocycles. The summed E-state index contributed by atoms with van der Waals surface area (Å²) in [7, 11) is 0. The van der Waals surface area contributed by atoms with Crippen LogP contribution in [0.15, 0.2) is 36.5 Å². The molecular formula is C113H210O24. The summed E-state index contributed by atoms with van der Waals surface area (Å²) < 4.78 is 160. The van der Waals surface area contributed by atoms with Crippen molar-refractivity contribution in [1.29, 1.82) is 0 Å². The van der Waals surface area contributed by atoms with Gasteiger partial charge in [0.25, 0.3) is 0 Å². The van der Waals surface area contributed by atoms with Crippen LogP contribution in [0.1, 0.15) is 363 Å². The molecule has 6 fully saturated rings. The van der Waals surface area contributed by atoms with Crippen molar-refractivity contribution >= 4 is 0 Å². The van der Waals surface area contributed by atoms with Crippen LogP contribution in [0.3, 0.4) is 0 Å². The zero-order valence-corrected chi connectivity index (χ0v) is 91.6. The van der Waals surface area contributed by atoms with Crippen LogP contribution in [0.25, 0.3) is 0 Å². The van der Waals surface area contributed by atoms with Gasteiger partial charge in [-0.1, -0.05) is 228 Å². The lowest BCUT2D eigenvalue weighted by Crippen LogP contribution is -2.50. The molecule has 6 saturated heterocycles. The molecular weight excluding hydrogens is 1740 g/mol. The molecule has 0 atom stereocenters. The van der Waals surface area contributed by atoms with Gasteiger partial charge in [0.15, 0.2) is 34.7 Å². The van der Waals surface area contributed by atoms with Crippen molar-refractivity contribution in [3.8, 4) is 0 Å². The van der Waals surface area contributed by atoms with Gasteiger partial charge in [-0.15, -0.1) is 0 Å². The first-order chi connectivity index (χ1) is 65.8. The minimum absolute atomic E-state index is 0.0888. The van der Waals surface area contributed by atoms with Crippen LogP contribution in [-0.4, -0.2) is 273 Å². The van der Waals surface area contributed by atoms with E-state index in [1.54, 1.807) is 0 Å². The van der Waals surface area contributed by atoms with Gasteiger partial charge in [0, 0.05) is 133 Å². The third-order valence-corrected chi connectivity index (χ3v) is 28.2. The minimum Gasteiger partial charge on any atom is -0.380 e. The van der Waals surface area contributed by atoms with Gasteiger partial charge in [0.05, 0.1) is 238 Å². The van der Waals surface area contributed by atoms with E-state index in [2.05, 4.69) is 151 Å². The highest BCUT2D eigenvalue weighted by molar-refractivity contribution is 4.99. The van der Waals surface area contributed by atoms with E-state index in [9.17, 15) is 0 Å². The van der Waals surface area contributed by atoms with Gasteiger partial charge in [-0.05, 0) is 93.8 Å². The third kappa shape index (κ3) is 47.1. The monoisotopic (exact) mass is 1950 g/mol. The summed E-state index contributed by atoms with van der Waals surface area (Å²) in [6.45, 7) is 71.4. The quantitative estimate of drug-likeness (QED) is 0.0516. The van der Waals surface area contributed by atoms with Crippen molar-refractivity contribution in [2.75, 3.05) is 238 Å². The minimum atomic E-state index is -0.637. The van der Waals surface area contributed by atoms with Crippen LogP contribution in [0, 0.1) is 55.7 Å². The molecule has 6 heterocycles. The number of rotatable bonds is 84. The first-order valence-corrected chi connectivity index (χ1v) is 55.4. The van der Waals surface area contributed by atoms with Gasteiger partial charge in [0.1, 0.15) is 0 Å². The van der Waals surface area contributed by atoms with Crippen LogP contribution >= 0.6 is 0 Å². The smallest absolute Gasteiger partial charge is 0.168 e. The van der Waals surface area contributed by atoms with E-state index in [0.717, 1.165) is 248 Å². The van der Waals surface area contributed by atoms with Gasteiger partial charge < -0.3 is 114 Å². The summed E-state index contributed by atoms with van der Waals surface area (Å²) in [6.07, 6.45) is 36.8. The van der Waals surface area contributed by atoms with Crippen LogP contribution in [-0.2, 0) is 114 Å². The Kier molecular flexibility index (Phi) is 59.6. The number of hydrogen-bond acceptors (Lipinski definition) is 24. The second kappa shape index (κ2) is 65.9. The second-order valence-electron chi connectivity index (χ2n) is 45.8. The average molecular weight is 1950 g/mol. The lowest BCUT2D eigenvalue weighted by atomic mass is 9.90. The lowest BCUT2D eigenvalue weighted by molar-refractivity contribution is -0.314. The summed E-state index contributed by atoms with van der Waals surface area (Å²) in [5, 5.41) is 0. The standard InChI is InChI=1S/C113H210O24/c1-23-35-47-108(48-36-24-2)126-83-102(17,84-127-108)77-120-68-98(69-121-78-103(18)85-128-109(129-86-103,49-37-25-3)50-38-26-4)65-114-59-95(13)62-117-74-101(16,75-118-63-96(14)60-115-66-99(70-122-79-104(19)87-130-110(131-88-104,51-39-27-5)52-40-28-6)71-123-80-105(20)89-132-111(133-90-105,53-41-29-7)54-42-30-8)76-119-64-97(15)61-116-67-100(72-124-81-106(21)91-134-112(135-92-106,55-43-31-9)56-44-32-10)73-125-82-107(22)93-136-113(137-94-107,57-45-33-11)58-46-34-12/h98-100H,13-15,23-94H2,1-12,16-22H3. The first kappa shape index (κ1) is 124. The molecule has 0 spiro atoms.